The highest BCUT2D eigenvalue weighted by Gasteiger charge is 2.56. The van der Waals surface area contributed by atoms with Crippen LogP contribution in [0.4, 0.5) is 4.79 Å². The molecule has 0 radical (unpaired) electrons. The van der Waals surface area contributed by atoms with Gasteiger partial charge in [-0.05, 0) is 24.8 Å². The molecule has 0 saturated carbocycles. The van der Waals surface area contributed by atoms with Gasteiger partial charge < -0.3 is 25.6 Å². The molecule has 24 heavy (non-hydrogen) atoms. The minimum atomic E-state index is -1.17. The van der Waals surface area contributed by atoms with E-state index in [1.165, 1.54) is 23.2 Å². The Kier molecular flexibility index (Phi) is 4.06. The molecule has 1 fully saturated rings. The number of aliphatic carboxylic acids is 1. The van der Waals surface area contributed by atoms with Crippen LogP contribution in [0.5, 0.6) is 0 Å². The summed E-state index contributed by atoms with van der Waals surface area (Å²) < 4.78 is 4.71. The van der Waals surface area contributed by atoms with Gasteiger partial charge in [-0.1, -0.05) is 0 Å². The third kappa shape index (κ3) is 2.55. The number of carboxylic acids is 1. The van der Waals surface area contributed by atoms with Gasteiger partial charge in [-0.3, -0.25) is 4.79 Å². The summed E-state index contributed by atoms with van der Waals surface area (Å²) in [5.41, 5.74) is 6.13. The minimum absolute atomic E-state index is 0.00386. The van der Waals surface area contributed by atoms with Crippen molar-refractivity contribution >= 4 is 34.9 Å². The van der Waals surface area contributed by atoms with Gasteiger partial charge in [0.25, 0.3) is 0 Å². The van der Waals surface area contributed by atoms with Crippen LogP contribution in [0.1, 0.15) is 23.8 Å². The maximum Gasteiger partial charge on any atom is 0.404 e. The maximum atomic E-state index is 12.2. The van der Waals surface area contributed by atoms with E-state index in [2.05, 4.69) is 0 Å². The second-order valence-electron chi connectivity index (χ2n) is 5.81. The molecule has 0 spiro atoms. The average molecular weight is 352 g/mol. The van der Waals surface area contributed by atoms with Crippen molar-refractivity contribution in [3.05, 3.63) is 27.6 Å². The Morgan fingerprint density at radius 1 is 1.54 bits per heavy atom. The second-order valence-corrected chi connectivity index (χ2v) is 6.72. The van der Waals surface area contributed by atoms with Crippen molar-refractivity contribution in [3.63, 3.8) is 0 Å². The quantitative estimate of drug-likeness (QED) is 0.670. The molecule has 3 atom stereocenters. The number of fused-ring (bicyclic) bond motifs is 1. The molecule has 0 unspecified atom stereocenters. The zero-order valence-electron chi connectivity index (χ0n) is 12.8. The van der Waals surface area contributed by atoms with Gasteiger partial charge >= 0.3 is 12.1 Å². The number of hydrogen-bond acceptors (Lipinski definition) is 6. The summed E-state index contributed by atoms with van der Waals surface area (Å²) in [5.74, 6) is -2.11. The smallest absolute Gasteiger partial charge is 0.404 e. The highest BCUT2D eigenvalue weighted by Crippen LogP contribution is 2.47. The summed E-state index contributed by atoms with van der Waals surface area (Å²) >= 11 is 1.31. The molecular weight excluding hydrogens is 336 g/mol. The van der Waals surface area contributed by atoms with Gasteiger partial charge in [-0.15, -0.1) is 11.3 Å². The lowest BCUT2D eigenvalue weighted by Crippen LogP contribution is -2.61. The fourth-order valence-corrected chi connectivity index (χ4v) is 4.21. The van der Waals surface area contributed by atoms with Crippen molar-refractivity contribution in [1.82, 2.24) is 4.90 Å². The van der Waals surface area contributed by atoms with E-state index in [9.17, 15) is 24.6 Å². The van der Waals surface area contributed by atoms with E-state index < -0.39 is 24.1 Å². The molecule has 1 aromatic heterocycles. The van der Waals surface area contributed by atoms with Gasteiger partial charge in [0, 0.05) is 16.0 Å². The molecule has 8 nitrogen and oxygen atoms in total. The zero-order valence-corrected chi connectivity index (χ0v) is 13.6. The molecule has 3 rings (SSSR count). The van der Waals surface area contributed by atoms with Crippen molar-refractivity contribution in [2.45, 2.75) is 32.1 Å². The minimum Gasteiger partial charge on any atom is -0.477 e. The number of β-lactam (4-membered cyclic amide) rings is 1. The number of amides is 2. The van der Waals surface area contributed by atoms with Crippen LogP contribution in [0.3, 0.4) is 0 Å². The number of aliphatic hydroxyl groups excluding tert-OH is 1. The van der Waals surface area contributed by atoms with Gasteiger partial charge in [0.2, 0.25) is 5.91 Å². The summed E-state index contributed by atoms with van der Waals surface area (Å²) in [7, 11) is 0. The third-order valence-electron chi connectivity index (χ3n) is 4.26. The molecule has 4 N–H and O–H groups in total. The lowest BCUT2D eigenvalue weighted by Gasteiger charge is -2.44. The van der Waals surface area contributed by atoms with Crippen molar-refractivity contribution in [2.75, 3.05) is 0 Å². The van der Waals surface area contributed by atoms with Crippen molar-refractivity contribution in [1.29, 1.82) is 0 Å². The molecule has 128 valence electrons. The number of carboxylic acid groups (broad SMARTS) is 1. The second kappa shape index (κ2) is 5.91. The standard InChI is InChI=1S/C15H16N2O6S/c1-6(18)11-9-3-8(12(14(20)21)17(9)13(11)19)10-2-7(5-24-10)4-23-15(16)22/h2,5-6,9,11,18H,3-4H2,1H3,(H2,16,22)(H,20,21)/t6-,9-,11-/m1/s1. The predicted molar refractivity (Wildman–Crippen MR) is 83.7 cm³/mol. The molecule has 1 saturated heterocycles. The number of ether oxygens (including phenoxy) is 1. The number of rotatable bonds is 5. The molecular formula is C15H16N2O6S. The molecule has 0 bridgehead atoms. The number of primary amides is 1. The summed E-state index contributed by atoms with van der Waals surface area (Å²) in [5, 5.41) is 21.0. The van der Waals surface area contributed by atoms with Crippen LogP contribution in [0.25, 0.3) is 5.57 Å². The SMILES string of the molecule is C[C@@H](O)[C@H]1C(=O)N2C(C(=O)O)=C(c3cc(COC(N)=O)cs3)C[C@H]12. The number of hydrogen-bond donors (Lipinski definition) is 3. The predicted octanol–water partition coefficient (Wildman–Crippen LogP) is 0.751. The van der Waals surface area contributed by atoms with Crippen molar-refractivity contribution in [2.24, 2.45) is 11.7 Å². The van der Waals surface area contributed by atoms with E-state index in [4.69, 9.17) is 10.5 Å². The molecule has 9 heteroatoms. The first-order valence-electron chi connectivity index (χ1n) is 7.28. The molecule has 2 aliphatic rings. The number of nitrogens with zero attached hydrogens (tertiary/aromatic N) is 1. The fraction of sp³-hybridized carbons (Fsp3) is 0.400. The van der Waals surface area contributed by atoms with E-state index in [0.717, 1.165) is 0 Å². The maximum absolute atomic E-state index is 12.2. The van der Waals surface area contributed by atoms with Crippen LogP contribution >= 0.6 is 11.3 Å². The van der Waals surface area contributed by atoms with Crippen LogP contribution in [0, 0.1) is 5.92 Å². The summed E-state index contributed by atoms with van der Waals surface area (Å²) in [6, 6.07) is 1.39. The number of carbonyl (C=O) groups is 3. The zero-order chi connectivity index (χ0) is 17.6. The van der Waals surface area contributed by atoms with Gasteiger partial charge in [-0.2, -0.15) is 0 Å². The Balaban J connectivity index is 1.89. The Hall–Kier alpha value is -2.39. The Morgan fingerprint density at radius 2 is 2.25 bits per heavy atom. The number of thiophene rings is 1. The van der Waals surface area contributed by atoms with Crippen LogP contribution in [0.15, 0.2) is 17.1 Å². The third-order valence-corrected chi connectivity index (χ3v) is 5.30. The first-order valence-corrected chi connectivity index (χ1v) is 8.16. The van der Waals surface area contributed by atoms with Crippen LogP contribution in [-0.4, -0.2) is 45.2 Å². The summed E-state index contributed by atoms with van der Waals surface area (Å²) in [6.45, 7) is 1.53. The van der Waals surface area contributed by atoms with E-state index >= 15 is 0 Å². The number of nitrogens with two attached hydrogens (primary N) is 1. The summed E-state index contributed by atoms with van der Waals surface area (Å²) in [6.07, 6.45) is -1.33. The number of carbonyl (C=O) groups excluding carboxylic acids is 2. The van der Waals surface area contributed by atoms with Crippen LogP contribution in [-0.2, 0) is 20.9 Å². The van der Waals surface area contributed by atoms with Gasteiger partial charge in [0.1, 0.15) is 12.3 Å². The summed E-state index contributed by atoms with van der Waals surface area (Å²) in [4.78, 5) is 36.4. The van der Waals surface area contributed by atoms with E-state index in [1.807, 2.05) is 0 Å². The van der Waals surface area contributed by atoms with Gasteiger partial charge in [0.15, 0.2) is 0 Å². The molecule has 0 aliphatic carbocycles. The largest absolute Gasteiger partial charge is 0.477 e. The van der Waals surface area contributed by atoms with Crippen molar-refractivity contribution in [3.8, 4) is 0 Å². The van der Waals surface area contributed by atoms with Crippen molar-refractivity contribution < 1.29 is 29.3 Å². The van der Waals surface area contributed by atoms with Crippen LogP contribution in [0.2, 0.25) is 0 Å². The first kappa shape index (κ1) is 16.5. The highest BCUT2D eigenvalue weighted by molar-refractivity contribution is 7.11. The molecule has 2 aliphatic heterocycles. The highest BCUT2D eigenvalue weighted by atomic mass is 32.1. The average Bonchev–Trinajstić information content (AvgIpc) is 3.06. The Morgan fingerprint density at radius 3 is 2.83 bits per heavy atom. The molecule has 1 aromatic rings. The fourth-order valence-electron chi connectivity index (χ4n) is 3.25. The Labute approximate surface area is 141 Å². The topological polar surface area (TPSA) is 130 Å². The van der Waals surface area contributed by atoms with E-state index in [0.29, 0.717) is 22.4 Å². The monoisotopic (exact) mass is 352 g/mol. The van der Waals surface area contributed by atoms with E-state index in [1.54, 1.807) is 11.4 Å². The molecule has 3 heterocycles. The van der Waals surface area contributed by atoms with Crippen LogP contribution < -0.4 is 5.73 Å². The Bertz CT molecular complexity index is 753. The normalized spacial score (nSPS) is 23.8. The van der Waals surface area contributed by atoms with Gasteiger partial charge in [-0.25, -0.2) is 9.59 Å². The lowest BCUT2D eigenvalue weighted by atomic mass is 9.83. The molecule has 2 amide bonds. The first-order chi connectivity index (χ1) is 11.3. The number of aliphatic hydroxyl groups is 1. The van der Waals surface area contributed by atoms with Gasteiger partial charge in [0.05, 0.1) is 18.1 Å². The van der Waals surface area contributed by atoms with E-state index in [-0.39, 0.29) is 24.3 Å². The molecule has 0 aromatic carbocycles. The lowest BCUT2D eigenvalue weighted by molar-refractivity contribution is -0.161.